The summed E-state index contributed by atoms with van der Waals surface area (Å²) in [6.07, 6.45) is -0.907. The zero-order chi connectivity index (χ0) is 18.1. The third-order valence-electron chi connectivity index (χ3n) is 3.18. The summed E-state index contributed by atoms with van der Waals surface area (Å²) < 4.78 is 24.1. The van der Waals surface area contributed by atoms with Gasteiger partial charge < -0.3 is 9.47 Å². The average molecular weight is 346 g/mol. The number of hydrazine groups is 1. The van der Waals surface area contributed by atoms with Gasteiger partial charge in [0.25, 0.3) is 5.91 Å². The van der Waals surface area contributed by atoms with Gasteiger partial charge in [-0.3, -0.25) is 20.4 Å². The minimum atomic E-state index is -0.974. The Labute approximate surface area is 144 Å². The lowest BCUT2D eigenvalue weighted by Gasteiger charge is -2.15. The Kier molecular flexibility index (Phi) is 6.76. The van der Waals surface area contributed by atoms with Crippen LogP contribution in [0.2, 0.25) is 0 Å². The average Bonchev–Trinajstić information content (AvgIpc) is 2.62. The van der Waals surface area contributed by atoms with E-state index in [1.54, 1.807) is 18.2 Å². The highest BCUT2D eigenvalue weighted by Gasteiger charge is 2.17. The van der Waals surface area contributed by atoms with E-state index in [1.807, 2.05) is 18.2 Å². The molecule has 0 aliphatic rings. The van der Waals surface area contributed by atoms with E-state index in [9.17, 15) is 14.0 Å². The lowest BCUT2D eigenvalue weighted by molar-refractivity contribution is -0.133. The van der Waals surface area contributed by atoms with Crippen molar-refractivity contribution in [2.75, 3.05) is 6.61 Å². The number of carbonyl (C=O) groups excluding carboxylic acids is 2. The Morgan fingerprint density at radius 3 is 2.44 bits per heavy atom. The van der Waals surface area contributed by atoms with Crippen molar-refractivity contribution >= 4 is 11.8 Å². The van der Waals surface area contributed by atoms with Gasteiger partial charge in [-0.2, -0.15) is 0 Å². The normalized spacial score (nSPS) is 11.3. The molecule has 0 radical (unpaired) electrons. The van der Waals surface area contributed by atoms with Crippen LogP contribution < -0.4 is 20.3 Å². The number of carbonyl (C=O) groups is 2. The van der Waals surface area contributed by atoms with Gasteiger partial charge in [-0.25, -0.2) is 4.39 Å². The van der Waals surface area contributed by atoms with E-state index in [0.29, 0.717) is 5.75 Å². The highest BCUT2D eigenvalue weighted by molar-refractivity contribution is 5.84. The monoisotopic (exact) mass is 346 g/mol. The summed E-state index contributed by atoms with van der Waals surface area (Å²) in [5.74, 6) is -0.953. The quantitative estimate of drug-likeness (QED) is 0.754. The molecule has 132 valence electrons. The number of nitrogens with one attached hydrogen (secondary N) is 2. The van der Waals surface area contributed by atoms with E-state index in [-0.39, 0.29) is 18.8 Å². The van der Waals surface area contributed by atoms with Crippen molar-refractivity contribution in [1.29, 1.82) is 0 Å². The molecule has 2 amide bonds. The van der Waals surface area contributed by atoms with Crippen LogP contribution in [0.15, 0.2) is 54.6 Å². The minimum absolute atomic E-state index is 0.0345. The van der Waals surface area contributed by atoms with E-state index in [0.717, 1.165) is 0 Å². The number of halogens is 1. The van der Waals surface area contributed by atoms with Crippen molar-refractivity contribution in [3.63, 3.8) is 0 Å². The molecule has 7 heteroatoms. The van der Waals surface area contributed by atoms with E-state index >= 15 is 0 Å². The van der Waals surface area contributed by atoms with Crippen molar-refractivity contribution in [1.82, 2.24) is 10.9 Å². The molecule has 0 saturated carbocycles. The second-order valence-electron chi connectivity index (χ2n) is 5.14. The number of rotatable bonds is 7. The Balaban J connectivity index is 1.68. The maximum absolute atomic E-state index is 13.5. The van der Waals surface area contributed by atoms with Crippen LogP contribution in [0.4, 0.5) is 4.39 Å². The van der Waals surface area contributed by atoms with Gasteiger partial charge in [-0.1, -0.05) is 30.3 Å². The molecule has 0 aliphatic carbocycles. The lowest BCUT2D eigenvalue weighted by Crippen LogP contribution is -2.47. The van der Waals surface area contributed by atoms with Crippen molar-refractivity contribution in [3.8, 4) is 11.5 Å². The molecule has 2 N–H and O–H groups in total. The van der Waals surface area contributed by atoms with Gasteiger partial charge in [0.15, 0.2) is 17.7 Å². The lowest BCUT2D eigenvalue weighted by atomic mass is 10.3. The maximum Gasteiger partial charge on any atom is 0.279 e. The zero-order valence-corrected chi connectivity index (χ0v) is 13.7. The van der Waals surface area contributed by atoms with Crippen LogP contribution in [0.3, 0.4) is 0 Å². The molecule has 0 aromatic heterocycles. The first-order valence-corrected chi connectivity index (χ1v) is 7.74. The molecule has 0 spiro atoms. The Hall–Kier alpha value is -3.09. The number of ether oxygens (including phenoxy) is 2. The SMILES string of the molecule is C[C@@H](Oc1ccccc1F)C(=O)NNC(=O)CCOc1ccccc1. The van der Waals surface area contributed by atoms with Gasteiger partial charge >= 0.3 is 0 Å². The van der Waals surface area contributed by atoms with Crippen LogP contribution in [0, 0.1) is 5.82 Å². The van der Waals surface area contributed by atoms with Crippen LogP contribution in [-0.4, -0.2) is 24.5 Å². The molecular formula is C18H19FN2O4. The zero-order valence-electron chi connectivity index (χ0n) is 13.7. The largest absolute Gasteiger partial charge is 0.493 e. The van der Waals surface area contributed by atoms with Gasteiger partial charge in [0.1, 0.15) is 5.75 Å². The Bertz CT molecular complexity index is 709. The molecule has 25 heavy (non-hydrogen) atoms. The summed E-state index contributed by atoms with van der Waals surface area (Å²) >= 11 is 0. The molecule has 0 aliphatic heterocycles. The summed E-state index contributed by atoms with van der Waals surface area (Å²) in [6, 6.07) is 14.8. The number of benzene rings is 2. The number of amides is 2. The molecule has 2 rings (SSSR count). The van der Waals surface area contributed by atoms with Crippen LogP contribution in [0.25, 0.3) is 0 Å². The van der Waals surface area contributed by atoms with Crippen molar-refractivity contribution < 1.29 is 23.5 Å². The first-order chi connectivity index (χ1) is 12.1. The summed E-state index contributed by atoms with van der Waals surface area (Å²) in [6.45, 7) is 1.62. The maximum atomic E-state index is 13.5. The van der Waals surface area contributed by atoms with Crippen LogP contribution >= 0.6 is 0 Å². The highest BCUT2D eigenvalue weighted by Crippen LogP contribution is 2.16. The van der Waals surface area contributed by atoms with Crippen LogP contribution in [0.5, 0.6) is 11.5 Å². The minimum Gasteiger partial charge on any atom is -0.493 e. The van der Waals surface area contributed by atoms with E-state index in [1.165, 1.54) is 25.1 Å². The summed E-state index contributed by atoms with van der Waals surface area (Å²) in [5, 5.41) is 0. The second kappa shape index (κ2) is 9.27. The molecular weight excluding hydrogens is 327 g/mol. The van der Waals surface area contributed by atoms with Gasteiger partial charge in [-0.05, 0) is 31.2 Å². The van der Waals surface area contributed by atoms with Crippen molar-refractivity contribution in [3.05, 3.63) is 60.4 Å². The standard InChI is InChI=1S/C18H19FN2O4/c1-13(25-16-10-6-5-9-15(16)19)18(23)21-20-17(22)11-12-24-14-7-3-2-4-8-14/h2-10,13H,11-12H2,1H3,(H,20,22)(H,21,23)/t13-/m1/s1. The van der Waals surface area contributed by atoms with Crippen molar-refractivity contribution in [2.24, 2.45) is 0 Å². The van der Waals surface area contributed by atoms with E-state index in [4.69, 9.17) is 9.47 Å². The molecule has 0 saturated heterocycles. The third-order valence-corrected chi connectivity index (χ3v) is 3.18. The summed E-state index contributed by atoms with van der Waals surface area (Å²) in [4.78, 5) is 23.5. The molecule has 1 atom stereocenters. The van der Waals surface area contributed by atoms with Gasteiger partial charge in [0.2, 0.25) is 5.91 Å². The Morgan fingerprint density at radius 2 is 1.72 bits per heavy atom. The number of para-hydroxylation sites is 2. The fourth-order valence-corrected chi connectivity index (χ4v) is 1.86. The van der Waals surface area contributed by atoms with Crippen LogP contribution in [0.1, 0.15) is 13.3 Å². The fraction of sp³-hybridized carbons (Fsp3) is 0.222. The van der Waals surface area contributed by atoms with Gasteiger partial charge in [0.05, 0.1) is 13.0 Å². The summed E-state index contributed by atoms with van der Waals surface area (Å²) in [7, 11) is 0. The second-order valence-corrected chi connectivity index (χ2v) is 5.14. The summed E-state index contributed by atoms with van der Waals surface area (Å²) in [5.41, 5.74) is 4.49. The fourth-order valence-electron chi connectivity index (χ4n) is 1.86. The first kappa shape index (κ1) is 18.3. The van der Waals surface area contributed by atoms with Gasteiger partial charge in [-0.15, -0.1) is 0 Å². The van der Waals surface area contributed by atoms with E-state index in [2.05, 4.69) is 10.9 Å². The molecule has 0 fully saturated rings. The smallest absolute Gasteiger partial charge is 0.279 e. The molecule has 6 nitrogen and oxygen atoms in total. The van der Waals surface area contributed by atoms with Crippen molar-refractivity contribution in [2.45, 2.75) is 19.4 Å². The predicted molar refractivity (Wildman–Crippen MR) is 89.3 cm³/mol. The topological polar surface area (TPSA) is 76.7 Å². The van der Waals surface area contributed by atoms with Crippen LogP contribution in [-0.2, 0) is 9.59 Å². The highest BCUT2D eigenvalue weighted by atomic mass is 19.1. The molecule has 0 unspecified atom stereocenters. The predicted octanol–water partition coefficient (Wildman–Crippen LogP) is 2.21. The molecule has 0 bridgehead atoms. The van der Waals surface area contributed by atoms with Gasteiger partial charge in [0, 0.05) is 0 Å². The Morgan fingerprint density at radius 1 is 1.04 bits per heavy atom. The number of hydrogen-bond acceptors (Lipinski definition) is 4. The van der Waals surface area contributed by atoms with E-state index < -0.39 is 23.7 Å². The number of hydrogen-bond donors (Lipinski definition) is 2. The molecule has 2 aromatic carbocycles. The molecule has 0 heterocycles. The third kappa shape index (κ3) is 6.14. The molecule has 2 aromatic rings. The first-order valence-electron chi connectivity index (χ1n) is 7.74.